The molecular weight excluding hydrogens is 613 g/mol. The zero-order chi connectivity index (χ0) is 32.3. The van der Waals surface area contributed by atoms with Gasteiger partial charge >= 0.3 is 0 Å². The molecule has 2 aromatic heterocycles. The molecule has 8 aromatic carbocycles. The molecule has 0 amide bonds. The maximum atomic E-state index is 2.42. The molecule has 230 valence electrons. The fourth-order valence-electron chi connectivity index (χ4n) is 7.47. The van der Waals surface area contributed by atoms with Crippen LogP contribution in [-0.2, 0) is 0 Å². The highest BCUT2D eigenvalue weighted by atomic mass is 32.1. The molecule has 49 heavy (non-hydrogen) atoms. The Labute approximate surface area is 288 Å². The van der Waals surface area contributed by atoms with Gasteiger partial charge < -0.3 is 9.47 Å². The minimum Gasteiger partial charge on any atom is -0.310 e. The Hall–Kier alpha value is -6.16. The van der Waals surface area contributed by atoms with E-state index in [1.165, 1.54) is 69.6 Å². The highest BCUT2D eigenvalue weighted by molar-refractivity contribution is 7.26. The Morgan fingerprint density at radius 1 is 0.408 bits per heavy atom. The third-order valence-corrected chi connectivity index (χ3v) is 11.0. The third-order valence-electron chi connectivity index (χ3n) is 9.75. The number of hydrogen-bond acceptors (Lipinski definition) is 2. The topological polar surface area (TPSA) is 8.17 Å². The first-order chi connectivity index (χ1) is 24.3. The zero-order valence-electron chi connectivity index (χ0n) is 26.6. The average molecular weight is 643 g/mol. The van der Waals surface area contributed by atoms with E-state index >= 15 is 0 Å². The van der Waals surface area contributed by atoms with Gasteiger partial charge in [-0.05, 0) is 88.6 Å². The van der Waals surface area contributed by atoms with Crippen molar-refractivity contribution in [1.29, 1.82) is 0 Å². The molecule has 0 saturated heterocycles. The Morgan fingerprint density at radius 2 is 1.04 bits per heavy atom. The number of nitrogens with zero attached hydrogens (tertiary/aromatic N) is 2. The molecule has 10 rings (SSSR count). The predicted molar refractivity (Wildman–Crippen MR) is 211 cm³/mol. The maximum Gasteiger partial charge on any atom is 0.0555 e. The summed E-state index contributed by atoms with van der Waals surface area (Å²) in [4.78, 5) is 2.40. The first-order valence-corrected chi connectivity index (χ1v) is 17.5. The van der Waals surface area contributed by atoms with Gasteiger partial charge in [-0.25, -0.2) is 0 Å². The van der Waals surface area contributed by atoms with Crippen molar-refractivity contribution in [1.82, 2.24) is 4.57 Å². The molecule has 2 nitrogen and oxygen atoms in total. The fourth-order valence-corrected chi connectivity index (χ4v) is 8.72. The van der Waals surface area contributed by atoms with Crippen LogP contribution in [0.5, 0.6) is 0 Å². The lowest BCUT2D eigenvalue weighted by Gasteiger charge is -2.26. The summed E-state index contributed by atoms with van der Waals surface area (Å²) in [7, 11) is 0. The smallest absolute Gasteiger partial charge is 0.0555 e. The number of aromatic nitrogens is 1. The second-order valence-corrected chi connectivity index (χ2v) is 13.6. The van der Waals surface area contributed by atoms with Crippen molar-refractivity contribution in [2.24, 2.45) is 0 Å². The van der Waals surface area contributed by atoms with Crippen LogP contribution in [0.2, 0.25) is 0 Å². The summed E-state index contributed by atoms with van der Waals surface area (Å²) >= 11 is 1.90. The van der Waals surface area contributed by atoms with Gasteiger partial charge in [-0.2, -0.15) is 0 Å². The van der Waals surface area contributed by atoms with E-state index in [0.29, 0.717) is 0 Å². The molecule has 0 bridgehead atoms. The summed E-state index contributed by atoms with van der Waals surface area (Å²) in [5.74, 6) is 0. The van der Waals surface area contributed by atoms with Gasteiger partial charge in [-0.15, -0.1) is 11.3 Å². The van der Waals surface area contributed by atoms with Crippen LogP contribution in [0.25, 0.3) is 69.6 Å². The number of fused-ring (bicyclic) bond motifs is 8. The molecule has 0 radical (unpaired) electrons. The van der Waals surface area contributed by atoms with Crippen molar-refractivity contribution in [2.45, 2.75) is 0 Å². The lowest BCUT2D eigenvalue weighted by atomic mass is 10.0. The Morgan fingerprint density at radius 3 is 1.88 bits per heavy atom. The molecule has 0 unspecified atom stereocenters. The molecule has 0 aliphatic heterocycles. The number of anilines is 3. The van der Waals surface area contributed by atoms with Crippen molar-refractivity contribution < 1.29 is 0 Å². The van der Waals surface area contributed by atoms with Crippen LogP contribution in [0.3, 0.4) is 0 Å². The van der Waals surface area contributed by atoms with E-state index in [1.54, 1.807) is 0 Å². The molecule has 0 aliphatic carbocycles. The fraction of sp³-hybridized carbons (Fsp3) is 0. The van der Waals surface area contributed by atoms with Crippen molar-refractivity contribution in [2.75, 3.05) is 4.90 Å². The van der Waals surface area contributed by atoms with Gasteiger partial charge in [0, 0.05) is 53.7 Å². The maximum absolute atomic E-state index is 2.42. The van der Waals surface area contributed by atoms with E-state index in [2.05, 4.69) is 191 Å². The average Bonchev–Trinajstić information content (AvgIpc) is 3.71. The summed E-state index contributed by atoms with van der Waals surface area (Å²) in [6.45, 7) is 0. The number of rotatable bonds is 5. The highest BCUT2D eigenvalue weighted by Gasteiger charge is 2.20. The van der Waals surface area contributed by atoms with Crippen molar-refractivity contribution in [3.8, 4) is 16.8 Å². The van der Waals surface area contributed by atoms with Crippen molar-refractivity contribution >= 4 is 81.1 Å². The number of benzene rings is 8. The molecule has 0 spiro atoms. The Bertz CT molecular complexity index is 2810. The van der Waals surface area contributed by atoms with Gasteiger partial charge in [0.05, 0.1) is 11.0 Å². The summed E-state index contributed by atoms with van der Waals surface area (Å²) < 4.78 is 5.07. The van der Waals surface area contributed by atoms with Crippen LogP contribution >= 0.6 is 11.3 Å². The summed E-state index contributed by atoms with van der Waals surface area (Å²) in [5, 5.41) is 7.64. The lowest BCUT2D eigenvalue weighted by Crippen LogP contribution is -2.10. The Balaban J connectivity index is 1.25. The lowest BCUT2D eigenvalue weighted by molar-refractivity contribution is 1.18. The number of hydrogen-bond donors (Lipinski definition) is 0. The van der Waals surface area contributed by atoms with Crippen LogP contribution in [0, 0.1) is 0 Å². The molecule has 0 aliphatic rings. The van der Waals surface area contributed by atoms with Crippen LogP contribution in [0.4, 0.5) is 17.1 Å². The highest BCUT2D eigenvalue weighted by Crippen LogP contribution is 2.45. The molecule has 3 heteroatoms. The van der Waals surface area contributed by atoms with E-state index in [4.69, 9.17) is 0 Å². The quantitative estimate of drug-likeness (QED) is 0.181. The largest absolute Gasteiger partial charge is 0.310 e. The van der Waals surface area contributed by atoms with Crippen LogP contribution in [0.15, 0.2) is 182 Å². The number of para-hydroxylation sites is 1. The summed E-state index contributed by atoms with van der Waals surface area (Å²) in [6, 6.07) is 66.1. The molecule has 0 saturated carbocycles. The molecule has 0 N–H and O–H groups in total. The molecular formula is C46H30N2S. The predicted octanol–water partition coefficient (Wildman–Crippen LogP) is 13.4. The van der Waals surface area contributed by atoms with E-state index in [0.717, 1.165) is 17.1 Å². The monoisotopic (exact) mass is 642 g/mol. The SMILES string of the molecule is c1ccc(-c2ccc(N(c3ccc4ccccc4c3)c3ccc4c(c3)c3c5sc6ccccc6c5ccc3n4-c3ccccc3)cc2)cc1. The number of thiophene rings is 1. The standard InChI is InChI=1S/C46H30N2S/c1-3-11-31(12-4-1)33-19-22-36(23-20-33)47(37-24-21-32-13-7-8-14-34(32)29-37)38-25-27-42-41(30-38)45-43(48(42)35-15-5-2-6-16-35)28-26-40-39-17-9-10-18-44(39)49-46(40)45/h1-30H. The minimum absolute atomic E-state index is 1.12. The Kier molecular flexibility index (Phi) is 6.39. The van der Waals surface area contributed by atoms with Gasteiger partial charge in [0.15, 0.2) is 0 Å². The first-order valence-electron chi connectivity index (χ1n) is 16.7. The van der Waals surface area contributed by atoms with Gasteiger partial charge in [-0.1, -0.05) is 115 Å². The van der Waals surface area contributed by atoms with E-state index in [1.807, 2.05) is 11.3 Å². The van der Waals surface area contributed by atoms with Crippen molar-refractivity contribution in [3.63, 3.8) is 0 Å². The van der Waals surface area contributed by atoms with Gasteiger partial charge in [0.25, 0.3) is 0 Å². The molecule has 2 heterocycles. The minimum atomic E-state index is 1.12. The third kappa shape index (κ3) is 4.55. The molecule has 10 aromatic rings. The van der Waals surface area contributed by atoms with E-state index in [-0.39, 0.29) is 0 Å². The second-order valence-electron chi connectivity index (χ2n) is 12.6. The normalized spacial score (nSPS) is 11.7. The molecule has 0 atom stereocenters. The van der Waals surface area contributed by atoms with Gasteiger partial charge in [0.2, 0.25) is 0 Å². The summed E-state index contributed by atoms with van der Waals surface area (Å²) in [6.07, 6.45) is 0. The van der Waals surface area contributed by atoms with Gasteiger partial charge in [0.1, 0.15) is 0 Å². The van der Waals surface area contributed by atoms with Crippen LogP contribution < -0.4 is 4.90 Å². The molecule has 0 fully saturated rings. The second kappa shape index (κ2) is 11.2. The van der Waals surface area contributed by atoms with Crippen LogP contribution in [0.1, 0.15) is 0 Å². The van der Waals surface area contributed by atoms with Crippen LogP contribution in [-0.4, -0.2) is 4.57 Å². The van der Waals surface area contributed by atoms with E-state index < -0.39 is 0 Å². The summed E-state index contributed by atoms with van der Waals surface area (Å²) in [5.41, 5.74) is 9.39. The first kappa shape index (κ1) is 27.9. The van der Waals surface area contributed by atoms with Crippen molar-refractivity contribution in [3.05, 3.63) is 182 Å². The van der Waals surface area contributed by atoms with Gasteiger partial charge in [-0.3, -0.25) is 0 Å². The zero-order valence-corrected chi connectivity index (χ0v) is 27.4. The van der Waals surface area contributed by atoms with E-state index in [9.17, 15) is 0 Å².